The Balaban J connectivity index is 2.03. The Kier molecular flexibility index (Phi) is 3.76. The van der Waals surface area contributed by atoms with Gasteiger partial charge in [0, 0.05) is 26.0 Å². The summed E-state index contributed by atoms with van der Waals surface area (Å²) in [4.78, 5) is 0. The number of benzene rings is 2. The molecule has 2 aromatic carbocycles. The van der Waals surface area contributed by atoms with Crippen LogP contribution in [0.25, 0.3) is 0 Å². The van der Waals surface area contributed by atoms with Gasteiger partial charge in [-0.1, -0.05) is 47.4 Å². The van der Waals surface area contributed by atoms with Crippen molar-refractivity contribution in [2.24, 2.45) is 0 Å². The van der Waals surface area contributed by atoms with Crippen LogP contribution in [0.4, 0.5) is 0 Å². The summed E-state index contributed by atoms with van der Waals surface area (Å²) in [6.07, 6.45) is -0.722. The minimum absolute atomic E-state index is 0.0311. The maximum absolute atomic E-state index is 10.7. The molecule has 4 heteroatoms. The first-order chi connectivity index (χ1) is 9.88. The van der Waals surface area contributed by atoms with Crippen LogP contribution in [-0.2, 0) is 5.41 Å². The molecule has 1 N–H and O–H groups in total. The van der Waals surface area contributed by atoms with Crippen LogP contribution < -0.4 is 4.74 Å². The predicted octanol–water partition coefficient (Wildman–Crippen LogP) is 4.85. The van der Waals surface area contributed by atoms with Gasteiger partial charge in [-0.15, -0.1) is 0 Å². The second-order valence-corrected chi connectivity index (χ2v) is 7.29. The Labute approximate surface area is 137 Å². The van der Waals surface area contributed by atoms with E-state index in [0.29, 0.717) is 11.6 Å². The third-order valence-electron chi connectivity index (χ3n) is 3.89. The quantitative estimate of drug-likeness (QED) is 0.822. The van der Waals surface area contributed by atoms with Crippen molar-refractivity contribution in [3.8, 4) is 5.75 Å². The smallest absolute Gasteiger partial charge is 0.123 e. The third kappa shape index (κ3) is 2.70. The first-order valence-corrected chi connectivity index (χ1v) is 7.96. The van der Waals surface area contributed by atoms with Crippen LogP contribution in [0.15, 0.2) is 40.9 Å². The van der Waals surface area contributed by atoms with E-state index < -0.39 is 6.10 Å². The fourth-order valence-corrected chi connectivity index (χ4v) is 3.26. The molecule has 1 aliphatic heterocycles. The van der Waals surface area contributed by atoms with E-state index in [-0.39, 0.29) is 5.41 Å². The number of fused-ring (bicyclic) bond motifs is 1. The van der Waals surface area contributed by atoms with E-state index in [1.165, 1.54) is 0 Å². The number of aliphatic hydroxyl groups is 1. The molecule has 1 unspecified atom stereocenters. The molecular formula is C17H16BrClO2. The van der Waals surface area contributed by atoms with Gasteiger partial charge in [-0.2, -0.15) is 0 Å². The molecule has 0 aromatic heterocycles. The van der Waals surface area contributed by atoms with Gasteiger partial charge < -0.3 is 9.84 Å². The molecule has 1 aliphatic rings. The highest BCUT2D eigenvalue weighted by Gasteiger charge is 2.32. The van der Waals surface area contributed by atoms with Gasteiger partial charge >= 0.3 is 0 Å². The Hall–Kier alpha value is -1.03. The van der Waals surface area contributed by atoms with Gasteiger partial charge in [-0.05, 0) is 35.9 Å². The summed E-state index contributed by atoms with van der Waals surface area (Å²) in [6, 6.07) is 11.3. The molecule has 2 aromatic rings. The van der Waals surface area contributed by atoms with E-state index in [4.69, 9.17) is 16.3 Å². The van der Waals surface area contributed by atoms with Crippen LogP contribution >= 0.6 is 27.5 Å². The molecule has 0 saturated carbocycles. The zero-order valence-electron chi connectivity index (χ0n) is 11.9. The molecule has 110 valence electrons. The van der Waals surface area contributed by atoms with E-state index >= 15 is 0 Å². The van der Waals surface area contributed by atoms with Gasteiger partial charge in [0.25, 0.3) is 0 Å². The summed E-state index contributed by atoms with van der Waals surface area (Å²) in [7, 11) is 0. The van der Waals surface area contributed by atoms with Crippen LogP contribution in [-0.4, -0.2) is 11.7 Å². The second kappa shape index (κ2) is 5.31. The standard InChI is InChI=1S/C17H16BrClO2/c1-17(2)9-21-15-6-3-10(7-13(15)17)16(20)12-8-11(19)4-5-14(12)18/h3-8,16,20H,9H2,1-2H3. The number of halogens is 2. The lowest BCUT2D eigenvalue weighted by molar-refractivity contribution is 0.219. The predicted molar refractivity (Wildman–Crippen MR) is 88.2 cm³/mol. The molecule has 0 saturated heterocycles. The van der Waals surface area contributed by atoms with Crippen molar-refractivity contribution in [2.75, 3.05) is 6.61 Å². The van der Waals surface area contributed by atoms with Gasteiger partial charge in [0.2, 0.25) is 0 Å². The SMILES string of the molecule is CC1(C)COc2ccc(C(O)c3cc(Cl)ccc3Br)cc21. The average Bonchev–Trinajstić information content (AvgIpc) is 2.76. The number of rotatable bonds is 2. The molecule has 0 bridgehead atoms. The highest BCUT2D eigenvalue weighted by molar-refractivity contribution is 9.10. The summed E-state index contributed by atoms with van der Waals surface area (Å²) in [5, 5.41) is 11.3. The van der Waals surface area contributed by atoms with Gasteiger partial charge in [-0.25, -0.2) is 0 Å². The van der Waals surface area contributed by atoms with Crippen molar-refractivity contribution >= 4 is 27.5 Å². The molecule has 3 rings (SSSR count). The van der Waals surface area contributed by atoms with Crippen LogP contribution in [0.3, 0.4) is 0 Å². The van der Waals surface area contributed by atoms with Gasteiger partial charge in [0.1, 0.15) is 11.9 Å². The van der Waals surface area contributed by atoms with Crippen molar-refractivity contribution in [1.29, 1.82) is 0 Å². The summed E-state index contributed by atoms with van der Waals surface area (Å²) in [6.45, 7) is 4.96. The molecule has 1 heterocycles. The van der Waals surface area contributed by atoms with Crippen LogP contribution in [0, 0.1) is 0 Å². The largest absolute Gasteiger partial charge is 0.492 e. The molecule has 0 radical (unpaired) electrons. The minimum atomic E-state index is -0.722. The van der Waals surface area contributed by atoms with Crippen molar-refractivity contribution in [1.82, 2.24) is 0 Å². The summed E-state index contributed by atoms with van der Waals surface area (Å²) in [5.74, 6) is 0.904. The number of hydrogen-bond acceptors (Lipinski definition) is 2. The van der Waals surface area contributed by atoms with Crippen molar-refractivity contribution in [3.63, 3.8) is 0 Å². The number of aliphatic hydroxyl groups excluding tert-OH is 1. The lowest BCUT2D eigenvalue weighted by Gasteiger charge is -2.18. The van der Waals surface area contributed by atoms with Crippen molar-refractivity contribution in [3.05, 3.63) is 62.6 Å². The fraction of sp³-hybridized carbons (Fsp3) is 0.294. The minimum Gasteiger partial charge on any atom is -0.492 e. The summed E-state index contributed by atoms with van der Waals surface area (Å²) < 4.78 is 6.53. The third-order valence-corrected chi connectivity index (χ3v) is 4.85. The van der Waals surface area contributed by atoms with Gasteiger partial charge in [-0.3, -0.25) is 0 Å². The first-order valence-electron chi connectivity index (χ1n) is 6.79. The molecule has 0 aliphatic carbocycles. The molecule has 0 amide bonds. The molecular weight excluding hydrogens is 352 g/mol. The van der Waals surface area contributed by atoms with Gasteiger partial charge in [0.05, 0.1) is 6.61 Å². The Bertz CT molecular complexity index is 697. The molecule has 21 heavy (non-hydrogen) atoms. The van der Waals surface area contributed by atoms with E-state index in [9.17, 15) is 5.11 Å². The molecule has 2 nitrogen and oxygen atoms in total. The first kappa shape index (κ1) is 14.9. The molecule has 0 spiro atoms. The van der Waals surface area contributed by atoms with Gasteiger partial charge in [0.15, 0.2) is 0 Å². The highest BCUT2D eigenvalue weighted by Crippen LogP contribution is 2.41. The van der Waals surface area contributed by atoms with Crippen LogP contribution in [0.5, 0.6) is 5.75 Å². The van der Waals surface area contributed by atoms with Crippen LogP contribution in [0.2, 0.25) is 5.02 Å². The maximum atomic E-state index is 10.7. The fourth-order valence-electron chi connectivity index (χ4n) is 2.61. The van der Waals surface area contributed by atoms with Crippen molar-refractivity contribution in [2.45, 2.75) is 25.4 Å². The van der Waals surface area contributed by atoms with E-state index in [0.717, 1.165) is 26.9 Å². The van der Waals surface area contributed by atoms with E-state index in [1.54, 1.807) is 12.1 Å². The Morgan fingerprint density at radius 3 is 2.76 bits per heavy atom. The highest BCUT2D eigenvalue weighted by atomic mass is 79.9. The lowest BCUT2D eigenvalue weighted by Crippen LogP contribution is -2.18. The Morgan fingerprint density at radius 2 is 2.00 bits per heavy atom. The second-order valence-electron chi connectivity index (χ2n) is 6.00. The lowest BCUT2D eigenvalue weighted by atomic mass is 9.85. The molecule has 1 atom stereocenters. The van der Waals surface area contributed by atoms with E-state index in [2.05, 4.69) is 29.8 Å². The normalized spacial score (nSPS) is 17.2. The Morgan fingerprint density at radius 1 is 1.24 bits per heavy atom. The summed E-state index contributed by atoms with van der Waals surface area (Å²) >= 11 is 9.51. The zero-order chi connectivity index (χ0) is 15.2. The number of ether oxygens (including phenoxy) is 1. The van der Waals surface area contributed by atoms with Crippen molar-refractivity contribution < 1.29 is 9.84 Å². The monoisotopic (exact) mass is 366 g/mol. The summed E-state index contributed by atoms with van der Waals surface area (Å²) in [5.41, 5.74) is 2.71. The topological polar surface area (TPSA) is 29.5 Å². The zero-order valence-corrected chi connectivity index (χ0v) is 14.2. The number of hydrogen-bond donors (Lipinski definition) is 1. The molecule has 0 fully saturated rings. The van der Waals surface area contributed by atoms with Crippen LogP contribution in [0.1, 0.15) is 36.6 Å². The maximum Gasteiger partial charge on any atom is 0.123 e. The van der Waals surface area contributed by atoms with E-state index in [1.807, 2.05) is 24.3 Å². The average molecular weight is 368 g/mol.